The van der Waals surface area contributed by atoms with Crippen molar-refractivity contribution in [2.24, 2.45) is 5.73 Å². The summed E-state index contributed by atoms with van der Waals surface area (Å²) in [6, 6.07) is 1.90. The minimum absolute atomic E-state index is 0.142. The molecule has 2 rings (SSSR count). The zero-order valence-electron chi connectivity index (χ0n) is 11.6. The lowest BCUT2D eigenvalue weighted by Crippen LogP contribution is -2.39. The van der Waals surface area contributed by atoms with Crippen molar-refractivity contribution < 1.29 is 43.5 Å². The van der Waals surface area contributed by atoms with Gasteiger partial charge < -0.3 is 30.9 Å². The lowest BCUT2D eigenvalue weighted by molar-refractivity contribution is -0.165. The Labute approximate surface area is 128 Å². The lowest BCUT2D eigenvalue weighted by atomic mass is 10.0. The quantitative estimate of drug-likeness (QED) is 0.477. The highest BCUT2D eigenvalue weighted by Gasteiger charge is 2.29. The maximum atomic E-state index is 13.1. The largest absolute Gasteiger partial charge is 0.489 e. The van der Waals surface area contributed by atoms with Crippen LogP contribution in [0.2, 0.25) is 0 Å². The molecule has 128 valence electrons. The molecule has 3 atom stereocenters. The first-order valence-corrected chi connectivity index (χ1v) is 6.31. The Bertz CT molecular complexity index is 578. The summed E-state index contributed by atoms with van der Waals surface area (Å²) in [7, 11) is 0. The molecule has 0 aliphatic carbocycles. The van der Waals surface area contributed by atoms with Crippen molar-refractivity contribution in [2.45, 2.75) is 24.7 Å². The number of aliphatic carboxylic acids is 2. The van der Waals surface area contributed by atoms with Gasteiger partial charge in [-0.1, -0.05) is 0 Å². The van der Waals surface area contributed by atoms with Crippen LogP contribution in [-0.4, -0.2) is 57.2 Å². The molecule has 8 nitrogen and oxygen atoms in total. The number of halogens is 2. The fourth-order valence-corrected chi connectivity index (χ4v) is 1.73. The van der Waals surface area contributed by atoms with Gasteiger partial charge in [-0.05, 0) is 12.5 Å². The molecule has 23 heavy (non-hydrogen) atoms. The number of carboxylic acid groups (broad SMARTS) is 2. The second kappa shape index (κ2) is 7.81. The van der Waals surface area contributed by atoms with Gasteiger partial charge in [0.25, 0.3) is 0 Å². The van der Waals surface area contributed by atoms with Crippen molar-refractivity contribution in [1.29, 1.82) is 0 Å². The normalized spacial score (nSPS) is 18.6. The van der Waals surface area contributed by atoms with Crippen LogP contribution in [0.15, 0.2) is 12.1 Å². The number of aliphatic hydroxyl groups is 2. The van der Waals surface area contributed by atoms with Crippen LogP contribution in [0.5, 0.6) is 5.75 Å². The third-order valence-electron chi connectivity index (χ3n) is 2.81. The Balaban J connectivity index is 0.000000241. The highest BCUT2D eigenvalue weighted by Crippen LogP contribution is 2.28. The predicted molar refractivity (Wildman–Crippen MR) is 70.8 cm³/mol. The molecular formula is C13H15F2NO7. The molecule has 1 aliphatic heterocycles. The van der Waals surface area contributed by atoms with E-state index in [9.17, 15) is 18.4 Å². The summed E-state index contributed by atoms with van der Waals surface area (Å²) in [5.74, 6) is -4.64. The summed E-state index contributed by atoms with van der Waals surface area (Å²) in [6.45, 7) is 0.287. The number of nitrogens with two attached hydrogens (primary N) is 1. The van der Waals surface area contributed by atoms with E-state index in [1.54, 1.807) is 0 Å². The van der Waals surface area contributed by atoms with Crippen LogP contribution >= 0.6 is 0 Å². The van der Waals surface area contributed by atoms with Crippen molar-refractivity contribution in [3.63, 3.8) is 0 Å². The first kappa shape index (κ1) is 18.7. The maximum absolute atomic E-state index is 13.1. The predicted octanol–water partition coefficient (Wildman–Crippen LogP) is -0.896. The van der Waals surface area contributed by atoms with Crippen LogP contribution in [-0.2, 0) is 16.0 Å². The molecule has 1 heterocycles. The summed E-state index contributed by atoms with van der Waals surface area (Å²) >= 11 is 0. The van der Waals surface area contributed by atoms with E-state index in [2.05, 4.69) is 0 Å². The third-order valence-corrected chi connectivity index (χ3v) is 2.81. The number of hydrogen-bond acceptors (Lipinski definition) is 6. The van der Waals surface area contributed by atoms with Crippen molar-refractivity contribution in [2.75, 3.05) is 6.61 Å². The molecule has 10 heteroatoms. The molecule has 6 N–H and O–H groups in total. The summed E-state index contributed by atoms with van der Waals surface area (Å²) in [5, 5.41) is 32.5. The molecule has 0 aromatic heterocycles. The summed E-state index contributed by atoms with van der Waals surface area (Å²) in [4.78, 5) is 19.5. The molecule has 0 unspecified atom stereocenters. The molecule has 0 radical (unpaired) electrons. The highest BCUT2D eigenvalue weighted by molar-refractivity contribution is 5.83. The summed E-state index contributed by atoms with van der Waals surface area (Å²) < 4.78 is 30.9. The molecule has 1 aliphatic rings. The van der Waals surface area contributed by atoms with E-state index in [-0.39, 0.29) is 18.4 Å². The summed E-state index contributed by atoms with van der Waals surface area (Å²) in [5.41, 5.74) is 6.09. The van der Waals surface area contributed by atoms with Crippen LogP contribution in [0.4, 0.5) is 8.78 Å². The summed E-state index contributed by atoms with van der Waals surface area (Å²) in [6.07, 6.45) is -4.07. The van der Waals surface area contributed by atoms with Crippen molar-refractivity contribution in [3.05, 3.63) is 29.3 Å². The zero-order valence-corrected chi connectivity index (χ0v) is 11.6. The second-order valence-corrected chi connectivity index (χ2v) is 4.72. The van der Waals surface area contributed by atoms with Crippen molar-refractivity contribution in [3.8, 4) is 5.75 Å². The van der Waals surface area contributed by atoms with E-state index in [1.807, 2.05) is 0 Å². The third kappa shape index (κ3) is 5.13. The standard InChI is InChI=1S/C9H9F2NO.C4H6O6/c10-6-1-5-2-7(12)4-13-9(5)8(11)3-6;5-1(3(7)8)2(6)4(9)10/h1,3,7H,2,4,12H2;1-2,5-6H,(H,7,8)(H,9,10)/t7-;1-,2-/m11/s1. The van der Waals surface area contributed by atoms with Gasteiger partial charge in [-0.2, -0.15) is 0 Å². The van der Waals surface area contributed by atoms with E-state index in [1.165, 1.54) is 6.07 Å². The van der Waals surface area contributed by atoms with Gasteiger partial charge in [0.1, 0.15) is 12.4 Å². The number of rotatable bonds is 3. The fraction of sp³-hybridized carbons (Fsp3) is 0.385. The number of aliphatic hydroxyl groups excluding tert-OH is 2. The highest BCUT2D eigenvalue weighted by atomic mass is 19.1. The van der Waals surface area contributed by atoms with Crippen LogP contribution in [0.3, 0.4) is 0 Å². The van der Waals surface area contributed by atoms with Crippen LogP contribution < -0.4 is 10.5 Å². The van der Waals surface area contributed by atoms with Gasteiger partial charge in [-0.3, -0.25) is 0 Å². The van der Waals surface area contributed by atoms with E-state index < -0.39 is 35.8 Å². The number of fused-ring (bicyclic) bond motifs is 1. The number of hydrogen-bond donors (Lipinski definition) is 5. The zero-order chi connectivity index (χ0) is 17.7. The minimum Gasteiger partial charge on any atom is -0.489 e. The topological polar surface area (TPSA) is 150 Å². The first-order valence-electron chi connectivity index (χ1n) is 6.31. The van der Waals surface area contributed by atoms with Gasteiger partial charge in [0.05, 0.1) is 0 Å². The molecule has 0 saturated carbocycles. The molecule has 0 fully saturated rings. The lowest BCUT2D eigenvalue weighted by Gasteiger charge is -2.22. The Morgan fingerprint density at radius 1 is 1.17 bits per heavy atom. The molecule has 0 saturated heterocycles. The van der Waals surface area contributed by atoms with Crippen LogP contribution in [0, 0.1) is 11.6 Å². The maximum Gasteiger partial charge on any atom is 0.335 e. The minimum atomic E-state index is -2.27. The average Bonchev–Trinajstić information content (AvgIpc) is 2.45. The van der Waals surface area contributed by atoms with Gasteiger partial charge in [-0.25, -0.2) is 18.4 Å². The van der Waals surface area contributed by atoms with Gasteiger partial charge in [0.15, 0.2) is 23.8 Å². The number of carboxylic acids is 2. The Morgan fingerprint density at radius 3 is 2.17 bits per heavy atom. The first-order chi connectivity index (χ1) is 10.6. The molecule has 0 spiro atoms. The molecule has 0 amide bonds. The van der Waals surface area contributed by atoms with E-state index >= 15 is 0 Å². The number of benzene rings is 1. The Kier molecular flexibility index (Phi) is 6.37. The number of ether oxygens (including phenoxy) is 1. The SMILES string of the molecule is N[C@H]1COc2c(F)cc(F)cc2C1.O=C(O)[C@H](O)[C@@H](O)C(=O)O. The monoisotopic (exact) mass is 335 g/mol. The van der Waals surface area contributed by atoms with Crippen molar-refractivity contribution in [1.82, 2.24) is 0 Å². The van der Waals surface area contributed by atoms with Gasteiger partial charge in [0.2, 0.25) is 0 Å². The number of carbonyl (C=O) groups is 2. The van der Waals surface area contributed by atoms with E-state index in [0.29, 0.717) is 12.0 Å². The second-order valence-electron chi connectivity index (χ2n) is 4.72. The van der Waals surface area contributed by atoms with Crippen LogP contribution in [0.25, 0.3) is 0 Å². The van der Waals surface area contributed by atoms with Crippen LogP contribution in [0.1, 0.15) is 5.56 Å². The van der Waals surface area contributed by atoms with Crippen molar-refractivity contribution >= 4 is 11.9 Å². The fourth-order valence-electron chi connectivity index (χ4n) is 1.73. The van der Waals surface area contributed by atoms with Gasteiger partial charge >= 0.3 is 11.9 Å². The Morgan fingerprint density at radius 2 is 1.70 bits per heavy atom. The molecule has 1 aromatic rings. The molecule has 0 bridgehead atoms. The molecule has 1 aromatic carbocycles. The average molecular weight is 335 g/mol. The van der Waals surface area contributed by atoms with E-state index in [0.717, 1.165) is 6.07 Å². The Hall–Kier alpha value is -2.30. The smallest absolute Gasteiger partial charge is 0.335 e. The molecular weight excluding hydrogens is 320 g/mol. The van der Waals surface area contributed by atoms with Gasteiger partial charge in [0, 0.05) is 17.7 Å². The van der Waals surface area contributed by atoms with E-state index in [4.69, 9.17) is 30.9 Å². The van der Waals surface area contributed by atoms with Gasteiger partial charge in [-0.15, -0.1) is 0 Å².